The average molecular weight is 229 g/mol. The summed E-state index contributed by atoms with van der Waals surface area (Å²) in [5.74, 6) is -0.347. The fourth-order valence-electron chi connectivity index (χ4n) is 1.05. The summed E-state index contributed by atoms with van der Waals surface area (Å²) in [4.78, 5) is 10.9. The molecule has 0 atom stereocenters. The van der Waals surface area contributed by atoms with Crippen molar-refractivity contribution < 1.29 is 14.6 Å². The standard InChI is InChI=1S/C11H13ClO3/c1-7(2)6-15-10-5-8(12)3-4-9(10)11(13)14/h3-5,7H,6H2,1-2H3,(H,13,14). The van der Waals surface area contributed by atoms with Gasteiger partial charge in [0.25, 0.3) is 0 Å². The van der Waals surface area contributed by atoms with Crippen molar-refractivity contribution in [1.29, 1.82) is 0 Å². The van der Waals surface area contributed by atoms with E-state index in [1.165, 1.54) is 18.2 Å². The Morgan fingerprint density at radius 2 is 2.20 bits per heavy atom. The summed E-state index contributed by atoms with van der Waals surface area (Å²) in [5.41, 5.74) is 0.139. The van der Waals surface area contributed by atoms with Crippen LogP contribution in [0.15, 0.2) is 18.2 Å². The van der Waals surface area contributed by atoms with Crippen LogP contribution >= 0.6 is 11.6 Å². The molecule has 0 aromatic heterocycles. The van der Waals surface area contributed by atoms with E-state index in [2.05, 4.69) is 0 Å². The maximum absolute atomic E-state index is 10.9. The fraction of sp³-hybridized carbons (Fsp3) is 0.364. The van der Waals surface area contributed by atoms with Gasteiger partial charge in [0.2, 0.25) is 0 Å². The average Bonchev–Trinajstić information content (AvgIpc) is 2.14. The number of hydrogen-bond donors (Lipinski definition) is 1. The first kappa shape index (κ1) is 11.9. The molecular weight excluding hydrogens is 216 g/mol. The molecule has 1 aromatic rings. The summed E-state index contributed by atoms with van der Waals surface area (Å²) in [6.45, 7) is 4.45. The number of aromatic carboxylic acids is 1. The highest BCUT2D eigenvalue weighted by Crippen LogP contribution is 2.23. The molecule has 0 heterocycles. The predicted octanol–water partition coefficient (Wildman–Crippen LogP) is 3.07. The Bertz CT molecular complexity index is 361. The van der Waals surface area contributed by atoms with Crippen molar-refractivity contribution in [3.63, 3.8) is 0 Å². The highest BCUT2D eigenvalue weighted by Gasteiger charge is 2.11. The van der Waals surface area contributed by atoms with E-state index in [1.54, 1.807) is 0 Å². The summed E-state index contributed by atoms with van der Waals surface area (Å²) in [6, 6.07) is 4.50. The zero-order valence-electron chi connectivity index (χ0n) is 8.66. The molecule has 0 spiro atoms. The van der Waals surface area contributed by atoms with Gasteiger partial charge in [-0.05, 0) is 24.1 Å². The first-order valence-corrected chi connectivity index (χ1v) is 5.04. The van der Waals surface area contributed by atoms with Gasteiger partial charge in [0.05, 0.1) is 6.61 Å². The van der Waals surface area contributed by atoms with Gasteiger partial charge in [-0.2, -0.15) is 0 Å². The molecule has 4 heteroatoms. The second kappa shape index (κ2) is 5.03. The highest BCUT2D eigenvalue weighted by atomic mass is 35.5. The number of benzene rings is 1. The van der Waals surface area contributed by atoms with Gasteiger partial charge in [-0.25, -0.2) is 4.79 Å². The van der Waals surface area contributed by atoms with E-state index in [0.717, 1.165) is 0 Å². The third-order valence-electron chi connectivity index (χ3n) is 1.75. The predicted molar refractivity (Wildman–Crippen MR) is 58.7 cm³/mol. The first-order valence-electron chi connectivity index (χ1n) is 4.66. The van der Waals surface area contributed by atoms with Gasteiger partial charge in [0.1, 0.15) is 11.3 Å². The minimum absolute atomic E-state index is 0.139. The molecule has 0 saturated heterocycles. The Labute approximate surface area is 93.6 Å². The van der Waals surface area contributed by atoms with E-state index in [0.29, 0.717) is 23.3 Å². The maximum atomic E-state index is 10.9. The van der Waals surface area contributed by atoms with Crippen LogP contribution in [0.2, 0.25) is 5.02 Å². The van der Waals surface area contributed by atoms with Gasteiger partial charge in [-0.3, -0.25) is 0 Å². The Morgan fingerprint density at radius 3 is 2.73 bits per heavy atom. The van der Waals surface area contributed by atoms with Gasteiger partial charge >= 0.3 is 5.97 Å². The van der Waals surface area contributed by atoms with Crippen LogP contribution in [0.5, 0.6) is 5.75 Å². The van der Waals surface area contributed by atoms with Crippen LogP contribution in [0.3, 0.4) is 0 Å². The van der Waals surface area contributed by atoms with Gasteiger partial charge in [0.15, 0.2) is 0 Å². The maximum Gasteiger partial charge on any atom is 0.339 e. The van der Waals surface area contributed by atoms with Crippen LogP contribution < -0.4 is 4.74 Å². The lowest BCUT2D eigenvalue weighted by molar-refractivity contribution is 0.0691. The Balaban J connectivity index is 2.92. The highest BCUT2D eigenvalue weighted by molar-refractivity contribution is 6.30. The smallest absolute Gasteiger partial charge is 0.339 e. The van der Waals surface area contributed by atoms with E-state index >= 15 is 0 Å². The van der Waals surface area contributed by atoms with E-state index in [9.17, 15) is 4.79 Å². The van der Waals surface area contributed by atoms with E-state index in [1.807, 2.05) is 13.8 Å². The molecule has 0 aliphatic carbocycles. The molecule has 0 saturated carbocycles. The lowest BCUT2D eigenvalue weighted by Crippen LogP contribution is -2.08. The molecular formula is C11H13ClO3. The molecule has 3 nitrogen and oxygen atoms in total. The molecule has 0 amide bonds. The lowest BCUT2D eigenvalue weighted by Gasteiger charge is -2.11. The third-order valence-corrected chi connectivity index (χ3v) is 1.98. The monoisotopic (exact) mass is 228 g/mol. The van der Waals surface area contributed by atoms with Gasteiger partial charge in [0, 0.05) is 5.02 Å². The summed E-state index contributed by atoms with van der Waals surface area (Å²) in [7, 11) is 0. The molecule has 0 unspecified atom stereocenters. The number of halogens is 1. The molecule has 1 rings (SSSR count). The number of rotatable bonds is 4. The van der Waals surface area contributed by atoms with Crippen LogP contribution in [0.25, 0.3) is 0 Å². The quantitative estimate of drug-likeness (QED) is 0.862. The summed E-state index contributed by atoms with van der Waals surface area (Å²) in [6.07, 6.45) is 0. The molecule has 0 aliphatic rings. The first-order chi connectivity index (χ1) is 7.00. The Kier molecular flexibility index (Phi) is 3.97. The summed E-state index contributed by atoms with van der Waals surface area (Å²) < 4.78 is 5.38. The minimum Gasteiger partial charge on any atom is -0.492 e. The van der Waals surface area contributed by atoms with Crippen molar-refractivity contribution in [2.75, 3.05) is 6.61 Å². The molecule has 0 bridgehead atoms. The third kappa shape index (κ3) is 3.44. The second-order valence-electron chi connectivity index (χ2n) is 3.65. The molecule has 1 N–H and O–H groups in total. The zero-order valence-corrected chi connectivity index (χ0v) is 9.41. The number of ether oxygens (including phenoxy) is 1. The Hall–Kier alpha value is -1.22. The number of hydrogen-bond acceptors (Lipinski definition) is 2. The van der Waals surface area contributed by atoms with Gasteiger partial charge in [-0.1, -0.05) is 25.4 Å². The molecule has 82 valence electrons. The SMILES string of the molecule is CC(C)COc1cc(Cl)ccc1C(=O)O. The van der Waals surface area contributed by atoms with Gasteiger partial charge < -0.3 is 9.84 Å². The fourth-order valence-corrected chi connectivity index (χ4v) is 1.21. The van der Waals surface area contributed by atoms with Crippen LogP contribution in [-0.4, -0.2) is 17.7 Å². The van der Waals surface area contributed by atoms with Crippen molar-refractivity contribution in [2.45, 2.75) is 13.8 Å². The van der Waals surface area contributed by atoms with E-state index in [4.69, 9.17) is 21.4 Å². The van der Waals surface area contributed by atoms with Crippen molar-refractivity contribution in [3.8, 4) is 5.75 Å². The largest absolute Gasteiger partial charge is 0.492 e. The molecule has 0 aliphatic heterocycles. The zero-order chi connectivity index (χ0) is 11.4. The summed E-state index contributed by atoms with van der Waals surface area (Å²) in [5, 5.41) is 9.37. The van der Waals surface area contributed by atoms with Crippen molar-refractivity contribution in [3.05, 3.63) is 28.8 Å². The topological polar surface area (TPSA) is 46.5 Å². The second-order valence-corrected chi connectivity index (χ2v) is 4.09. The molecule has 15 heavy (non-hydrogen) atoms. The van der Waals surface area contributed by atoms with Crippen LogP contribution in [0, 0.1) is 5.92 Å². The van der Waals surface area contributed by atoms with Crippen molar-refractivity contribution in [1.82, 2.24) is 0 Å². The number of carboxylic acids is 1. The summed E-state index contributed by atoms with van der Waals surface area (Å²) >= 11 is 5.76. The molecule has 1 aromatic carbocycles. The van der Waals surface area contributed by atoms with Crippen molar-refractivity contribution in [2.24, 2.45) is 5.92 Å². The number of carbonyl (C=O) groups is 1. The van der Waals surface area contributed by atoms with E-state index in [-0.39, 0.29) is 5.56 Å². The van der Waals surface area contributed by atoms with Crippen LogP contribution in [0.4, 0.5) is 0 Å². The molecule has 0 fully saturated rings. The number of carboxylic acid groups (broad SMARTS) is 1. The van der Waals surface area contributed by atoms with Gasteiger partial charge in [-0.15, -0.1) is 0 Å². The van der Waals surface area contributed by atoms with Crippen LogP contribution in [-0.2, 0) is 0 Å². The normalized spacial score (nSPS) is 10.4. The van der Waals surface area contributed by atoms with Crippen molar-refractivity contribution >= 4 is 17.6 Å². The lowest BCUT2D eigenvalue weighted by atomic mass is 10.2. The molecule has 0 radical (unpaired) electrons. The minimum atomic E-state index is -1.01. The van der Waals surface area contributed by atoms with E-state index < -0.39 is 5.97 Å². The van der Waals surface area contributed by atoms with Crippen LogP contribution in [0.1, 0.15) is 24.2 Å². The Morgan fingerprint density at radius 1 is 1.53 bits per heavy atom.